The first kappa shape index (κ1) is 17.9. The molecule has 1 amide bonds. The van der Waals surface area contributed by atoms with Crippen LogP contribution in [-0.4, -0.2) is 40.8 Å². The summed E-state index contributed by atoms with van der Waals surface area (Å²) in [6.07, 6.45) is 0. The number of hydrogen-bond donors (Lipinski definition) is 1. The molecule has 0 unspecified atom stereocenters. The summed E-state index contributed by atoms with van der Waals surface area (Å²) in [5, 5.41) is 2.45. The number of hydrogen-bond acceptors (Lipinski definition) is 5. The molecule has 0 saturated heterocycles. The zero-order valence-corrected chi connectivity index (χ0v) is 14.0. The second-order valence-corrected chi connectivity index (χ2v) is 9.45. The molecule has 0 heterocycles. The van der Waals surface area contributed by atoms with Crippen LogP contribution in [0.3, 0.4) is 0 Å². The minimum absolute atomic E-state index is 0.00186. The highest BCUT2D eigenvalue weighted by Crippen LogP contribution is 2.19. The summed E-state index contributed by atoms with van der Waals surface area (Å²) >= 11 is 0. The normalized spacial score (nSPS) is 12.1. The van der Waals surface area contributed by atoms with Crippen LogP contribution in [0, 0.1) is 6.92 Å². The van der Waals surface area contributed by atoms with E-state index in [-0.39, 0.29) is 28.5 Å². The van der Waals surface area contributed by atoms with Crippen molar-refractivity contribution in [1.29, 1.82) is 0 Å². The predicted octanol–water partition coefficient (Wildman–Crippen LogP) is 1.09. The van der Waals surface area contributed by atoms with Crippen molar-refractivity contribution in [1.82, 2.24) is 5.32 Å². The van der Waals surface area contributed by atoms with E-state index in [1.54, 1.807) is 6.92 Å². The van der Waals surface area contributed by atoms with Crippen LogP contribution < -0.4 is 5.32 Å². The molecule has 0 saturated carbocycles. The van der Waals surface area contributed by atoms with E-state index in [4.69, 9.17) is 10.7 Å². The molecule has 0 spiro atoms. The van der Waals surface area contributed by atoms with Crippen LogP contribution in [-0.2, 0) is 18.9 Å². The lowest BCUT2D eigenvalue weighted by molar-refractivity contribution is 0.0955. The number of aryl methyl sites for hydroxylation is 1. The van der Waals surface area contributed by atoms with Crippen LogP contribution in [0.1, 0.15) is 22.8 Å². The first-order valence-electron chi connectivity index (χ1n) is 6.11. The van der Waals surface area contributed by atoms with Crippen LogP contribution in [0.15, 0.2) is 23.1 Å². The van der Waals surface area contributed by atoms with Crippen LogP contribution in [0.5, 0.6) is 0 Å². The van der Waals surface area contributed by atoms with E-state index in [0.29, 0.717) is 5.56 Å². The van der Waals surface area contributed by atoms with Gasteiger partial charge in [0, 0.05) is 28.5 Å². The molecule has 0 aliphatic heterocycles. The second kappa shape index (κ2) is 6.76. The van der Waals surface area contributed by atoms with Gasteiger partial charge in [-0.05, 0) is 24.6 Å². The van der Waals surface area contributed by atoms with Crippen molar-refractivity contribution in [2.45, 2.75) is 18.7 Å². The van der Waals surface area contributed by atoms with Gasteiger partial charge in [0.15, 0.2) is 9.84 Å². The lowest BCUT2D eigenvalue weighted by atomic mass is 10.1. The lowest BCUT2D eigenvalue weighted by Crippen LogP contribution is -2.30. The van der Waals surface area contributed by atoms with Gasteiger partial charge in [-0.15, -0.1) is 0 Å². The minimum Gasteiger partial charge on any atom is -0.351 e. The summed E-state index contributed by atoms with van der Waals surface area (Å²) in [4.78, 5) is 11.8. The average Bonchev–Trinajstić information content (AvgIpc) is 2.37. The van der Waals surface area contributed by atoms with Gasteiger partial charge in [-0.3, -0.25) is 4.79 Å². The van der Waals surface area contributed by atoms with E-state index < -0.39 is 24.8 Å². The number of halogens is 1. The number of benzene rings is 1. The monoisotopic (exact) mass is 353 g/mol. The van der Waals surface area contributed by atoms with Gasteiger partial charge in [-0.1, -0.05) is 13.0 Å². The lowest BCUT2D eigenvalue weighted by Gasteiger charge is -2.09. The van der Waals surface area contributed by atoms with Gasteiger partial charge in [0.05, 0.1) is 10.6 Å². The highest BCUT2D eigenvalue weighted by Gasteiger charge is 2.16. The van der Waals surface area contributed by atoms with Gasteiger partial charge in [0.1, 0.15) is 0 Å². The van der Waals surface area contributed by atoms with Crippen molar-refractivity contribution in [2.75, 3.05) is 18.1 Å². The van der Waals surface area contributed by atoms with E-state index in [2.05, 4.69) is 5.32 Å². The maximum atomic E-state index is 12.0. The number of nitrogens with one attached hydrogen (secondary N) is 1. The number of carbonyl (C=O) groups excluding carboxylic acids is 1. The highest BCUT2D eigenvalue weighted by molar-refractivity contribution is 8.13. The van der Waals surface area contributed by atoms with Crippen molar-refractivity contribution >= 4 is 35.5 Å². The third kappa shape index (κ3) is 5.29. The summed E-state index contributed by atoms with van der Waals surface area (Å²) in [6.45, 7) is 3.13. The third-order valence-corrected chi connectivity index (χ3v) is 5.93. The van der Waals surface area contributed by atoms with Crippen molar-refractivity contribution in [2.24, 2.45) is 0 Å². The molecule has 0 aromatic heterocycles. The van der Waals surface area contributed by atoms with Crippen LogP contribution in [0.2, 0.25) is 0 Å². The Balaban J connectivity index is 2.88. The van der Waals surface area contributed by atoms with Crippen molar-refractivity contribution < 1.29 is 21.6 Å². The van der Waals surface area contributed by atoms with E-state index >= 15 is 0 Å². The summed E-state index contributed by atoms with van der Waals surface area (Å²) in [5.41, 5.74) is 0.709. The Morgan fingerprint density at radius 3 is 2.38 bits per heavy atom. The average molecular weight is 354 g/mol. The Morgan fingerprint density at radius 2 is 1.86 bits per heavy atom. The molecular formula is C12H16ClNO5S2. The molecule has 6 nitrogen and oxygen atoms in total. The molecule has 0 aliphatic carbocycles. The maximum Gasteiger partial charge on any atom is 0.261 e. The number of amides is 1. The van der Waals surface area contributed by atoms with Crippen LogP contribution >= 0.6 is 10.7 Å². The molecular weight excluding hydrogens is 338 g/mol. The zero-order valence-electron chi connectivity index (χ0n) is 11.6. The predicted molar refractivity (Wildman–Crippen MR) is 80.9 cm³/mol. The van der Waals surface area contributed by atoms with Gasteiger partial charge in [0.2, 0.25) is 0 Å². The Hall–Kier alpha value is -1.12. The summed E-state index contributed by atoms with van der Waals surface area (Å²) < 4.78 is 45.2. The maximum absolute atomic E-state index is 12.0. The third-order valence-electron chi connectivity index (χ3n) is 2.87. The zero-order chi connectivity index (χ0) is 16.3. The van der Waals surface area contributed by atoms with Crippen molar-refractivity contribution in [3.63, 3.8) is 0 Å². The van der Waals surface area contributed by atoms with Crippen LogP contribution in [0.25, 0.3) is 0 Å². The molecule has 0 aliphatic rings. The Kier molecular flexibility index (Phi) is 5.77. The summed E-state index contributed by atoms with van der Waals surface area (Å²) in [7, 11) is -1.87. The molecule has 1 rings (SSSR count). The molecule has 1 N–H and O–H groups in total. The Morgan fingerprint density at radius 1 is 1.24 bits per heavy atom. The molecule has 0 radical (unpaired) electrons. The van der Waals surface area contributed by atoms with Crippen LogP contribution in [0.4, 0.5) is 0 Å². The van der Waals surface area contributed by atoms with Gasteiger partial charge < -0.3 is 5.32 Å². The summed E-state index contributed by atoms with van der Waals surface area (Å²) in [6, 6.07) is 3.93. The van der Waals surface area contributed by atoms with E-state index in [9.17, 15) is 21.6 Å². The van der Waals surface area contributed by atoms with Crippen molar-refractivity contribution in [3.8, 4) is 0 Å². The van der Waals surface area contributed by atoms with Gasteiger partial charge in [0.25, 0.3) is 15.0 Å². The molecule has 118 valence electrons. The van der Waals surface area contributed by atoms with Gasteiger partial charge >= 0.3 is 0 Å². The fourth-order valence-electron chi connectivity index (χ4n) is 1.56. The molecule has 1 aromatic carbocycles. The quantitative estimate of drug-likeness (QED) is 0.772. The van der Waals surface area contributed by atoms with Crippen molar-refractivity contribution in [3.05, 3.63) is 29.3 Å². The fourth-order valence-corrected chi connectivity index (χ4v) is 3.04. The number of rotatable bonds is 6. The first-order chi connectivity index (χ1) is 9.57. The second-order valence-electron chi connectivity index (χ2n) is 4.41. The fraction of sp³-hybridized carbons (Fsp3) is 0.417. The smallest absolute Gasteiger partial charge is 0.261 e. The molecule has 1 aromatic rings. The van der Waals surface area contributed by atoms with E-state index in [0.717, 1.165) is 0 Å². The number of sulfone groups is 1. The molecule has 0 atom stereocenters. The highest BCUT2D eigenvalue weighted by atomic mass is 35.7. The molecule has 0 bridgehead atoms. The molecule has 21 heavy (non-hydrogen) atoms. The minimum atomic E-state index is -3.93. The molecule has 9 heteroatoms. The Bertz CT molecular complexity index is 741. The number of carbonyl (C=O) groups is 1. The first-order valence-corrected chi connectivity index (χ1v) is 10.2. The Labute approximate surface area is 128 Å². The topological polar surface area (TPSA) is 97.4 Å². The van der Waals surface area contributed by atoms with Gasteiger partial charge in [-0.25, -0.2) is 16.8 Å². The molecule has 0 fully saturated rings. The SMILES string of the molecule is CCS(=O)(=O)CCNC(=O)c1cc(S(=O)(=O)Cl)ccc1C. The largest absolute Gasteiger partial charge is 0.351 e. The standard InChI is InChI=1S/C12H16ClNO5S2/c1-3-20(16,17)7-6-14-12(15)11-8-10(21(13,18)19)5-4-9(11)2/h4-5,8H,3,6-7H2,1-2H3,(H,14,15). The summed E-state index contributed by atoms with van der Waals surface area (Å²) in [5.74, 6) is -0.704. The van der Waals surface area contributed by atoms with Gasteiger partial charge in [-0.2, -0.15) is 0 Å². The van der Waals surface area contributed by atoms with E-state index in [1.165, 1.54) is 25.1 Å². The van der Waals surface area contributed by atoms with E-state index in [1.807, 2.05) is 0 Å².